The van der Waals surface area contributed by atoms with E-state index in [1.807, 2.05) is 30.0 Å². The van der Waals surface area contributed by atoms with Gasteiger partial charge in [-0.3, -0.25) is 19.3 Å². The van der Waals surface area contributed by atoms with E-state index in [-0.39, 0.29) is 24.3 Å². The van der Waals surface area contributed by atoms with Crippen LogP contribution in [0.5, 0.6) is 0 Å². The number of fused-ring (bicyclic) bond motifs is 3. The maximum Gasteiger partial charge on any atom is 0.258 e. The third kappa shape index (κ3) is 4.57. The highest BCUT2D eigenvalue weighted by molar-refractivity contribution is 6.11. The standard InChI is InChI=1S/C28H34N4O3/c1-28-15-14-25(33)32(28)24-13-6-5-12-23(24)27(35)31(28)21-26(34)30-18-8-17-29(19-20-30)16-7-11-22-9-3-2-4-10-22/h2-6,9-10,12-13H,7-8,11,14-21H2,1H3. The molecule has 7 heteroatoms. The molecule has 184 valence electrons. The molecule has 3 amide bonds. The SMILES string of the molecule is CC12CCC(=O)N1c1ccccc1C(=O)N2CC(=O)N1CCCN(CCCc2ccccc2)CC1. The second-order valence-electron chi connectivity index (χ2n) is 10.0. The molecule has 1 unspecified atom stereocenters. The van der Waals surface area contributed by atoms with Gasteiger partial charge in [0.05, 0.1) is 11.3 Å². The van der Waals surface area contributed by atoms with E-state index >= 15 is 0 Å². The lowest BCUT2D eigenvalue weighted by Gasteiger charge is -2.48. The van der Waals surface area contributed by atoms with Gasteiger partial charge in [-0.15, -0.1) is 0 Å². The van der Waals surface area contributed by atoms with Gasteiger partial charge in [0.2, 0.25) is 11.8 Å². The molecule has 0 radical (unpaired) electrons. The van der Waals surface area contributed by atoms with Gasteiger partial charge in [-0.1, -0.05) is 42.5 Å². The van der Waals surface area contributed by atoms with Crippen LogP contribution >= 0.6 is 0 Å². The first-order chi connectivity index (χ1) is 17.0. The molecule has 2 saturated heterocycles. The van der Waals surface area contributed by atoms with E-state index < -0.39 is 5.66 Å². The molecule has 0 N–H and O–H groups in total. The van der Waals surface area contributed by atoms with Crippen LogP contribution in [0.15, 0.2) is 54.6 Å². The van der Waals surface area contributed by atoms with Crippen molar-refractivity contribution >= 4 is 23.4 Å². The average molecular weight is 475 g/mol. The van der Waals surface area contributed by atoms with Crippen molar-refractivity contribution in [3.05, 3.63) is 65.7 Å². The topological polar surface area (TPSA) is 64.2 Å². The maximum atomic E-state index is 13.5. The number of carbonyl (C=O) groups excluding carboxylic acids is 3. The van der Waals surface area contributed by atoms with Crippen molar-refractivity contribution in [2.45, 2.75) is 44.7 Å². The smallest absolute Gasteiger partial charge is 0.258 e. The van der Waals surface area contributed by atoms with E-state index in [1.165, 1.54) is 5.56 Å². The van der Waals surface area contributed by atoms with Gasteiger partial charge >= 0.3 is 0 Å². The number of carbonyl (C=O) groups is 3. The minimum absolute atomic E-state index is 0.00144. The van der Waals surface area contributed by atoms with Crippen LogP contribution in [0.2, 0.25) is 0 Å². The van der Waals surface area contributed by atoms with Crippen molar-refractivity contribution in [3.8, 4) is 0 Å². The van der Waals surface area contributed by atoms with Crippen molar-refractivity contribution in [1.82, 2.24) is 14.7 Å². The van der Waals surface area contributed by atoms with Crippen LogP contribution in [-0.2, 0) is 16.0 Å². The zero-order valence-corrected chi connectivity index (χ0v) is 20.5. The molecule has 3 aliphatic rings. The number of para-hydroxylation sites is 1. The first-order valence-corrected chi connectivity index (χ1v) is 12.8. The second kappa shape index (κ2) is 9.82. The molecule has 0 saturated carbocycles. The van der Waals surface area contributed by atoms with Crippen molar-refractivity contribution in [3.63, 3.8) is 0 Å². The van der Waals surface area contributed by atoms with Crippen molar-refractivity contribution in [2.24, 2.45) is 0 Å². The number of hydrogen-bond donors (Lipinski definition) is 0. The summed E-state index contributed by atoms with van der Waals surface area (Å²) in [5.74, 6) is -0.199. The molecule has 0 spiro atoms. The predicted octanol–water partition coefficient (Wildman–Crippen LogP) is 3.15. The highest BCUT2D eigenvalue weighted by Crippen LogP contribution is 2.43. The van der Waals surface area contributed by atoms with Gasteiger partial charge in [-0.2, -0.15) is 0 Å². The Bertz CT molecular complexity index is 1100. The lowest BCUT2D eigenvalue weighted by molar-refractivity contribution is -0.133. The molecule has 35 heavy (non-hydrogen) atoms. The van der Waals surface area contributed by atoms with Gasteiger partial charge in [0.1, 0.15) is 12.2 Å². The van der Waals surface area contributed by atoms with E-state index in [0.29, 0.717) is 37.2 Å². The van der Waals surface area contributed by atoms with E-state index in [4.69, 9.17) is 0 Å². The Morgan fingerprint density at radius 1 is 0.943 bits per heavy atom. The van der Waals surface area contributed by atoms with Crippen LogP contribution in [0.4, 0.5) is 5.69 Å². The first-order valence-electron chi connectivity index (χ1n) is 12.8. The lowest BCUT2D eigenvalue weighted by Crippen LogP contribution is -2.64. The van der Waals surface area contributed by atoms with E-state index in [9.17, 15) is 14.4 Å². The maximum absolute atomic E-state index is 13.5. The highest BCUT2D eigenvalue weighted by atomic mass is 16.2. The summed E-state index contributed by atoms with van der Waals surface area (Å²) in [6.07, 6.45) is 4.00. The van der Waals surface area contributed by atoms with Crippen molar-refractivity contribution in [1.29, 1.82) is 0 Å². The normalized spacial score (nSPS) is 22.7. The van der Waals surface area contributed by atoms with Gasteiger partial charge < -0.3 is 14.7 Å². The zero-order chi connectivity index (χ0) is 24.4. The number of amides is 3. The molecule has 0 aromatic heterocycles. The van der Waals surface area contributed by atoms with Gasteiger partial charge in [0.15, 0.2) is 0 Å². The molecule has 2 fully saturated rings. The summed E-state index contributed by atoms with van der Waals surface area (Å²) in [4.78, 5) is 47.3. The summed E-state index contributed by atoms with van der Waals surface area (Å²) in [5.41, 5.74) is 1.72. The minimum Gasteiger partial charge on any atom is -0.340 e. The summed E-state index contributed by atoms with van der Waals surface area (Å²) in [6, 6.07) is 17.8. The Labute approximate surface area is 207 Å². The largest absolute Gasteiger partial charge is 0.340 e. The number of aryl methyl sites for hydroxylation is 1. The molecule has 7 nitrogen and oxygen atoms in total. The van der Waals surface area contributed by atoms with Crippen LogP contribution in [0, 0.1) is 0 Å². The molecule has 2 aromatic carbocycles. The zero-order valence-electron chi connectivity index (χ0n) is 20.5. The molecule has 3 heterocycles. The van der Waals surface area contributed by atoms with Crippen LogP contribution in [0.3, 0.4) is 0 Å². The molecule has 1 atom stereocenters. The second-order valence-corrected chi connectivity index (χ2v) is 10.0. The van der Waals surface area contributed by atoms with Gasteiger partial charge in [0, 0.05) is 26.1 Å². The molecule has 0 bridgehead atoms. The first kappa shape index (κ1) is 23.5. The van der Waals surface area contributed by atoms with Gasteiger partial charge in [-0.25, -0.2) is 0 Å². The van der Waals surface area contributed by atoms with Crippen LogP contribution in [0.1, 0.15) is 48.5 Å². The number of anilines is 1. The predicted molar refractivity (Wildman–Crippen MR) is 135 cm³/mol. The summed E-state index contributed by atoms with van der Waals surface area (Å²) < 4.78 is 0. The third-order valence-electron chi connectivity index (χ3n) is 7.76. The molecular weight excluding hydrogens is 440 g/mol. The number of benzene rings is 2. The lowest BCUT2D eigenvalue weighted by atomic mass is 9.98. The van der Waals surface area contributed by atoms with Gasteiger partial charge in [-0.05, 0) is 63.4 Å². The monoisotopic (exact) mass is 474 g/mol. The van der Waals surface area contributed by atoms with Crippen LogP contribution in [0.25, 0.3) is 0 Å². The minimum atomic E-state index is -0.798. The Hall–Kier alpha value is -3.19. The third-order valence-corrected chi connectivity index (χ3v) is 7.76. The van der Waals surface area contributed by atoms with E-state index in [0.717, 1.165) is 38.9 Å². The fourth-order valence-electron chi connectivity index (χ4n) is 5.77. The van der Waals surface area contributed by atoms with Crippen LogP contribution in [-0.4, -0.2) is 77.4 Å². The highest BCUT2D eigenvalue weighted by Gasteiger charge is 2.53. The average Bonchev–Trinajstić information content (AvgIpc) is 3.03. The summed E-state index contributed by atoms with van der Waals surface area (Å²) >= 11 is 0. The Balaban J connectivity index is 1.22. The van der Waals surface area contributed by atoms with Crippen molar-refractivity contribution in [2.75, 3.05) is 44.2 Å². The fraction of sp³-hybridized carbons (Fsp3) is 0.464. The molecule has 0 aliphatic carbocycles. The van der Waals surface area contributed by atoms with Crippen LogP contribution < -0.4 is 4.90 Å². The fourth-order valence-corrected chi connectivity index (χ4v) is 5.77. The van der Waals surface area contributed by atoms with E-state index in [2.05, 4.69) is 29.2 Å². The van der Waals surface area contributed by atoms with Crippen molar-refractivity contribution < 1.29 is 14.4 Å². The number of nitrogens with zero attached hydrogens (tertiary/aromatic N) is 4. The van der Waals surface area contributed by atoms with Gasteiger partial charge in [0.25, 0.3) is 5.91 Å². The molecule has 3 aliphatic heterocycles. The summed E-state index contributed by atoms with van der Waals surface area (Å²) in [7, 11) is 0. The summed E-state index contributed by atoms with van der Waals surface area (Å²) in [6.45, 7) is 6.13. The molecule has 5 rings (SSSR count). The van der Waals surface area contributed by atoms with E-state index in [1.54, 1.807) is 21.9 Å². The molecular formula is C28H34N4O3. The Kier molecular flexibility index (Phi) is 6.60. The summed E-state index contributed by atoms with van der Waals surface area (Å²) in [5, 5.41) is 0. The molecule has 2 aromatic rings. The Morgan fingerprint density at radius 3 is 2.54 bits per heavy atom. The number of hydrogen-bond acceptors (Lipinski definition) is 4. The quantitative estimate of drug-likeness (QED) is 0.645. The Morgan fingerprint density at radius 2 is 1.71 bits per heavy atom. The number of rotatable bonds is 6.